The molecule has 2 N–H and O–H groups in total. The molecular weight excluding hydrogens is 236 g/mol. The molecule has 0 aromatic carbocycles. The second-order valence-corrected chi connectivity index (χ2v) is 4.88. The molecular formula is C11H20N4O3. The first-order valence-corrected chi connectivity index (χ1v) is 5.88. The van der Waals surface area contributed by atoms with Crippen molar-refractivity contribution in [2.24, 2.45) is 0 Å². The molecule has 102 valence electrons. The molecule has 1 rings (SSSR count). The van der Waals surface area contributed by atoms with E-state index in [1.165, 1.54) is 4.68 Å². The highest BCUT2D eigenvalue weighted by Gasteiger charge is 2.31. The Morgan fingerprint density at radius 2 is 2.17 bits per heavy atom. The van der Waals surface area contributed by atoms with Crippen molar-refractivity contribution in [2.75, 3.05) is 5.32 Å². The van der Waals surface area contributed by atoms with Gasteiger partial charge in [-0.25, -0.2) is 4.68 Å². The largest absolute Gasteiger partial charge is 0.391 e. The van der Waals surface area contributed by atoms with E-state index < -0.39 is 16.6 Å². The zero-order chi connectivity index (χ0) is 14.1. The van der Waals surface area contributed by atoms with Gasteiger partial charge in [-0.3, -0.25) is 10.1 Å². The predicted molar refractivity (Wildman–Crippen MR) is 68.7 cm³/mol. The fraction of sp³-hybridized carbons (Fsp3) is 0.727. The Bertz CT molecular complexity index is 451. The van der Waals surface area contributed by atoms with E-state index in [1.54, 1.807) is 27.7 Å². The molecule has 0 bridgehead atoms. The summed E-state index contributed by atoms with van der Waals surface area (Å²) in [6, 6.07) is 0. The minimum atomic E-state index is -0.676. The Labute approximate surface area is 106 Å². The van der Waals surface area contributed by atoms with Crippen LogP contribution in [0.4, 0.5) is 11.5 Å². The van der Waals surface area contributed by atoms with Gasteiger partial charge in [0.05, 0.1) is 16.6 Å². The van der Waals surface area contributed by atoms with E-state index in [0.717, 1.165) is 0 Å². The third kappa shape index (κ3) is 2.61. The smallest absolute Gasteiger partial charge is 0.333 e. The van der Waals surface area contributed by atoms with Gasteiger partial charge in [0.15, 0.2) is 0 Å². The maximum absolute atomic E-state index is 11.1. The van der Waals surface area contributed by atoms with Crippen LogP contribution in [0.25, 0.3) is 0 Å². The molecule has 1 aromatic heterocycles. The van der Waals surface area contributed by atoms with Crippen molar-refractivity contribution in [1.29, 1.82) is 0 Å². The monoisotopic (exact) mass is 256 g/mol. The third-order valence-electron chi connectivity index (χ3n) is 3.06. The molecule has 1 unspecified atom stereocenters. The Hall–Kier alpha value is -1.63. The van der Waals surface area contributed by atoms with Crippen LogP contribution in [-0.4, -0.2) is 31.5 Å². The van der Waals surface area contributed by atoms with Crippen molar-refractivity contribution in [3.05, 3.63) is 15.8 Å². The first-order chi connectivity index (χ1) is 8.20. The van der Waals surface area contributed by atoms with E-state index in [9.17, 15) is 15.2 Å². The van der Waals surface area contributed by atoms with Crippen LogP contribution >= 0.6 is 0 Å². The zero-order valence-corrected chi connectivity index (χ0v) is 11.4. The fourth-order valence-electron chi connectivity index (χ4n) is 1.55. The molecule has 0 saturated heterocycles. The number of nitrogens with zero attached hydrogens (tertiary/aromatic N) is 3. The highest BCUT2D eigenvalue weighted by atomic mass is 16.6. The Balaban J connectivity index is 3.26. The second-order valence-electron chi connectivity index (χ2n) is 4.88. The van der Waals surface area contributed by atoms with E-state index in [-0.39, 0.29) is 5.69 Å². The fourth-order valence-corrected chi connectivity index (χ4v) is 1.55. The van der Waals surface area contributed by atoms with Crippen molar-refractivity contribution in [3.8, 4) is 0 Å². The minimum absolute atomic E-state index is 0.0365. The van der Waals surface area contributed by atoms with Gasteiger partial charge in [0.25, 0.3) is 0 Å². The summed E-state index contributed by atoms with van der Waals surface area (Å²) < 4.78 is 1.54. The SMILES string of the molecule is CCn1nc(C)c([N+](=O)[O-])c1NC(C)(C)C(C)O. The number of anilines is 1. The Morgan fingerprint density at radius 3 is 2.56 bits per heavy atom. The number of nitro groups is 1. The van der Waals surface area contributed by atoms with Crippen molar-refractivity contribution < 1.29 is 10.0 Å². The molecule has 0 spiro atoms. The lowest BCUT2D eigenvalue weighted by Gasteiger charge is -2.30. The second kappa shape index (κ2) is 4.93. The molecule has 0 amide bonds. The zero-order valence-electron chi connectivity index (χ0n) is 11.4. The first-order valence-electron chi connectivity index (χ1n) is 5.88. The minimum Gasteiger partial charge on any atom is -0.391 e. The van der Waals surface area contributed by atoms with Gasteiger partial charge in [0.2, 0.25) is 5.82 Å². The van der Waals surface area contributed by atoms with E-state index >= 15 is 0 Å². The molecule has 1 atom stereocenters. The number of aliphatic hydroxyl groups is 1. The van der Waals surface area contributed by atoms with Gasteiger partial charge in [0, 0.05) is 6.54 Å². The standard InChI is InChI=1S/C11H20N4O3/c1-6-14-10(12-11(4,5)8(3)16)9(15(17)18)7(2)13-14/h8,12,16H,6H2,1-5H3. The lowest BCUT2D eigenvalue weighted by Crippen LogP contribution is -2.42. The van der Waals surface area contributed by atoms with Crippen molar-refractivity contribution in [2.45, 2.75) is 52.8 Å². The number of aliphatic hydroxyl groups excluding tert-OH is 1. The summed E-state index contributed by atoms with van der Waals surface area (Å²) in [5, 5.41) is 27.9. The summed E-state index contributed by atoms with van der Waals surface area (Å²) in [5.74, 6) is 0.339. The normalized spacial score (nSPS) is 13.4. The van der Waals surface area contributed by atoms with E-state index in [1.807, 2.05) is 6.92 Å². The highest BCUT2D eigenvalue weighted by Crippen LogP contribution is 2.31. The summed E-state index contributed by atoms with van der Waals surface area (Å²) in [6.45, 7) is 9.18. The molecule has 0 fully saturated rings. The highest BCUT2D eigenvalue weighted by molar-refractivity contribution is 5.60. The molecule has 0 aliphatic rings. The van der Waals surface area contributed by atoms with Gasteiger partial charge in [-0.1, -0.05) is 0 Å². The molecule has 0 saturated carbocycles. The summed E-state index contributed by atoms with van der Waals surface area (Å²) in [6.07, 6.45) is -0.655. The number of rotatable bonds is 5. The van der Waals surface area contributed by atoms with Crippen molar-refractivity contribution in [1.82, 2.24) is 9.78 Å². The first kappa shape index (κ1) is 14.4. The lowest BCUT2D eigenvalue weighted by molar-refractivity contribution is -0.384. The van der Waals surface area contributed by atoms with Crippen LogP contribution in [0.15, 0.2) is 0 Å². The maximum Gasteiger partial charge on any atom is 0.333 e. The van der Waals surface area contributed by atoms with E-state index in [4.69, 9.17) is 0 Å². The molecule has 7 nitrogen and oxygen atoms in total. The molecule has 0 aliphatic heterocycles. The number of hydrogen-bond acceptors (Lipinski definition) is 5. The molecule has 0 aliphatic carbocycles. The quantitative estimate of drug-likeness (QED) is 0.617. The van der Waals surface area contributed by atoms with E-state index in [0.29, 0.717) is 18.1 Å². The average Bonchev–Trinajstić information content (AvgIpc) is 2.53. The number of nitrogens with one attached hydrogen (secondary N) is 1. The molecule has 18 heavy (non-hydrogen) atoms. The van der Waals surface area contributed by atoms with Crippen LogP contribution in [0.3, 0.4) is 0 Å². The van der Waals surface area contributed by atoms with Crippen LogP contribution in [0.2, 0.25) is 0 Å². The molecule has 0 radical (unpaired) electrons. The summed E-state index contributed by atoms with van der Waals surface area (Å²) >= 11 is 0. The van der Waals surface area contributed by atoms with Gasteiger partial charge < -0.3 is 10.4 Å². The van der Waals surface area contributed by atoms with Gasteiger partial charge in [-0.15, -0.1) is 0 Å². The summed E-state index contributed by atoms with van der Waals surface area (Å²) in [7, 11) is 0. The summed E-state index contributed by atoms with van der Waals surface area (Å²) in [4.78, 5) is 10.6. The number of hydrogen-bond donors (Lipinski definition) is 2. The Morgan fingerprint density at radius 1 is 1.61 bits per heavy atom. The van der Waals surface area contributed by atoms with Crippen LogP contribution in [0, 0.1) is 17.0 Å². The van der Waals surface area contributed by atoms with E-state index in [2.05, 4.69) is 10.4 Å². The predicted octanol–water partition coefficient (Wildman–Crippen LogP) is 1.69. The molecule has 1 heterocycles. The maximum atomic E-state index is 11.1. The van der Waals surface area contributed by atoms with Gasteiger partial charge in [-0.05, 0) is 34.6 Å². The third-order valence-corrected chi connectivity index (χ3v) is 3.06. The van der Waals surface area contributed by atoms with Crippen molar-refractivity contribution in [3.63, 3.8) is 0 Å². The van der Waals surface area contributed by atoms with Crippen molar-refractivity contribution >= 4 is 11.5 Å². The van der Waals surface area contributed by atoms with Crippen LogP contribution < -0.4 is 5.32 Å². The van der Waals surface area contributed by atoms with Gasteiger partial charge >= 0.3 is 5.69 Å². The lowest BCUT2D eigenvalue weighted by atomic mass is 9.99. The Kier molecular flexibility index (Phi) is 3.95. The molecule has 1 aromatic rings. The molecule has 7 heteroatoms. The average molecular weight is 256 g/mol. The number of aryl methyl sites for hydroxylation is 2. The topological polar surface area (TPSA) is 93.2 Å². The van der Waals surface area contributed by atoms with Crippen LogP contribution in [-0.2, 0) is 6.54 Å². The van der Waals surface area contributed by atoms with Crippen LogP contribution in [0.1, 0.15) is 33.4 Å². The van der Waals surface area contributed by atoms with Gasteiger partial charge in [-0.2, -0.15) is 5.10 Å². The van der Waals surface area contributed by atoms with Gasteiger partial charge in [0.1, 0.15) is 5.69 Å². The number of aromatic nitrogens is 2. The van der Waals surface area contributed by atoms with Crippen LogP contribution in [0.5, 0.6) is 0 Å². The summed E-state index contributed by atoms with van der Waals surface area (Å²) in [5.41, 5.74) is -0.347.